The zero-order chi connectivity index (χ0) is 19.9. The van der Waals surface area contributed by atoms with E-state index in [1.54, 1.807) is 25.6 Å². The van der Waals surface area contributed by atoms with Crippen LogP contribution in [-0.2, 0) is 17.6 Å². The van der Waals surface area contributed by atoms with Crippen molar-refractivity contribution in [3.05, 3.63) is 64.7 Å². The molecule has 0 radical (unpaired) electrons. The number of hydrogen-bond acceptors (Lipinski definition) is 5. The van der Waals surface area contributed by atoms with Crippen LogP contribution in [0.15, 0.2) is 47.8 Å². The van der Waals surface area contributed by atoms with Crippen LogP contribution in [0.5, 0.6) is 11.5 Å². The Bertz CT molecular complexity index is 952. The summed E-state index contributed by atoms with van der Waals surface area (Å²) in [4.78, 5) is 16.9. The highest BCUT2D eigenvalue weighted by Crippen LogP contribution is 2.28. The lowest BCUT2D eigenvalue weighted by Crippen LogP contribution is -2.27. The van der Waals surface area contributed by atoms with E-state index in [4.69, 9.17) is 14.5 Å². The maximum atomic E-state index is 12.2. The van der Waals surface area contributed by atoms with E-state index in [9.17, 15) is 4.79 Å². The van der Waals surface area contributed by atoms with E-state index in [2.05, 4.69) is 29.8 Å². The molecule has 6 heteroatoms. The molecule has 1 amide bonds. The predicted molar refractivity (Wildman–Crippen MR) is 112 cm³/mol. The normalized spacial score (nSPS) is 10.5. The van der Waals surface area contributed by atoms with Gasteiger partial charge in [-0.15, -0.1) is 11.3 Å². The second kappa shape index (κ2) is 9.37. The topological polar surface area (TPSA) is 60.5 Å². The quantitative estimate of drug-likeness (QED) is 0.624. The van der Waals surface area contributed by atoms with Crippen molar-refractivity contribution >= 4 is 17.2 Å². The third kappa shape index (κ3) is 4.89. The zero-order valence-corrected chi connectivity index (χ0v) is 17.1. The second-order valence-electron chi connectivity index (χ2n) is 6.42. The summed E-state index contributed by atoms with van der Waals surface area (Å²) in [5, 5.41) is 6.04. The largest absolute Gasteiger partial charge is 0.493 e. The highest BCUT2D eigenvalue weighted by Gasteiger charge is 2.10. The van der Waals surface area contributed by atoms with Gasteiger partial charge in [0.2, 0.25) is 5.91 Å². The number of thiazole rings is 1. The van der Waals surface area contributed by atoms with Gasteiger partial charge < -0.3 is 14.8 Å². The molecule has 0 spiro atoms. The SMILES string of the molecule is COc1ccc(CC(=O)NCCc2csc(-c3ccccc3C)n2)cc1OC. The number of carbonyl (C=O) groups excluding carboxylic acids is 1. The number of carbonyl (C=O) groups is 1. The Morgan fingerprint density at radius 2 is 1.89 bits per heavy atom. The summed E-state index contributed by atoms with van der Waals surface area (Å²) in [6.07, 6.45) is 1.01. The van der Waals surface area contributed by atoms with Gasteiger partial charge >= 0.3 is 0 Å². The van der Waals surface area contributed by atoms with E-state index in [-0.39, 0.29) is 5.91 Å². The molecule has 0 saturated carbocycles. The van der Waals surface area contributed by atoms with Crippen molar-refractivity contribution in [2.45, 2.75) is 19.8 Å². The first-order valence-electron chi connectivity index (χ1n) is 9.08. The summed E-state index contributed by atoms with van der Waals surface area (Å²) in [6, 6.07) is 13.7. The van der Waals surface area contributed by atoms with Gasteiger partial charge in [0.05, 0.1) is 26.3 Å². The molecule has 1 heterocycles. The molecule has 2 aromatic carbocycles. The molecule has 0 fully saturated rings. The van der Waals surface area contributed by atoms with Crippen LogP contribution in [0.3, 0.4) is 0 Å². The van der Waals surface area contributed by atoms with Crippen LogP contribution in [0.1, 0.15) is 16.8 Å². The Morgan fingerprint density at radius 1 is 1.11 bits per heavy atom. The summed E-state index contributed by atoms with van der Waals surface area (Å²) < 4.78 is 10.5. The number of nitrogens with one attached hydrogen (secondary N) is 1. The molecule has 0 saturated heterocycles. The van der Waals surface area contributed by atoms with Crippen LogP contribution < -0.4 is 14.8 Å². The van der Waals surface area contributed by atoms with Crippen molar-refractivity contribution in [2.24, 2.45) is 0 Å². The van der Waals surface area contributed by atoms with Gasteiger partial charge in [0.1, 0.15) is 5.01 Å². The maximum Gasteiger partial charge on any atom is 0.224 e. The number of methoxy groups -OCH3 is 2. The van der Waals surface area contributed by atoms with Crippen LogP contribution in [0.25, 0.3) is 10.6 Å². The van der Waals surface area contributed by atoms with Crippen LogP contribution >= 0.6 is 11.3 Å². The Balaban J connectivity index is 1.52. The minimum absolute atomic E-state index is 0.0263. The molecule has 0 bridgehead atoms. The first-order chi connectivity index (χ1) is 13.6. The van der Waals surface area contributed by atoms with E-state index in [0.29, 0.717) is 30.9 Å². The van der Waals surface area contributed by atoms with Crippen LogP contribution in [0.2, 0.25) is 0 Å². The molecule has 1 aromatic heterocycles. The first kappa shape index (κ1) is 19.9. The van der Waals surface area contributed by atoms with E-state index in [0.717, 1.165) is 21.8 Å². The first-order valence-corrected chi connectivity index (χ1v) is 9.96. The third-order valence-electron chi connectivity index (χ3n) is 4.44. The van der Waals surface area contributed by atoms with Gasteiger partial charge in [-0.1, -0.05) is 30.3 Å². The van der Waals surface area contributed by atoms with Gasteiger partial charge in [-0.3, -0.25) is 4.79 Å². The number of nitrogens with zero attached hydrogens (tertiary/aromatic N) is 1. The molecular formula is C22H24N2O3S. The van der Waals surface area contributed by atoms with Crippen molar-refractivity contribution in [1.82, 2.24) is 10.3 Å². The van der Waals surface area contributed by atoms with Crippen molar-refractivity contribution < 1.29 is 14.3 Å². The van der Waals surface area contributed by atoms with Crippen molar-refractivity contribution in [3.63, 3.8) is 0 Å². The number of aryl methyl sites for hydroxylation is 1. The average molecular weight is 397 g/mol. The summed E-state index contributed by atoms with van der Waals surface area (Å²) in [6.45, 7) is 2.65. The van der Waals surface area contributed by atoms with E-state index in [1.807, 2.05) is 30.3 Å². The Morgan fingerprint density at radius 3 is 2.64 bits per heavy atom. The standard InChI is InChI=1S/C22H24N2O3S/c1-15-6-4-5-7-18(15)22-24-17(14-28-22)10-11-23-21(25)13-16-8-9-19(26-2)20(12-16)27-3/h4-9,12,14H,10-11,13H2,1-3H3,(H,23,25). The number of rotatable bonds is 8. The van der Waals surface area contributed by atoms with Crippen molar-refractivity contribution in [1.29, 1.82) is 0 Å². The summed E-state index contributed by atoms with van der Waals surface area (Å²) in [7, 11) is 3.17. The molecule has 0 atom stereocenters. The smallest absolute Gasteiger partial charge is 0.224 e. The fourth-order valence-electron chi connectivity index (χ4n) is 2.93. The van der Waals surface area contributed by atoms with Crippen molar-refractivity contribution in [2.75, 3.05) is 20.8 Å². The lowest BCUT2D eigenvalue weighted by Gasteiger charge is -2.09. The molecule has 5 nitrogen and oxygen atoms in total. The summed E-state index contributed by atoms with van der Waals surface area (Å²) >= 11 is 1.64. The molecule has 146 valence electrons. The summed E-state index contributed by atoms with van der Waals surface area (Å²) in [5.41, 5.74) is 4.25. The Hall–Kier alpha value is -2.86. The molecule has 1 N–H and O–H groups in total. The van der Waals surface area contributed by atoms with Gasteiger partial charge in [0.15, 0.2) is 11.5 Å². The molecule has 28 heavy (non-hydrogen) atoms. The van der Waals surface area contributed by atoms with Crippen LogP contribution in [0, 0.1) is 6.92 Å². The van der Waals surface area contributed by atoms with E-state index >= 15 is 0 Å². The number of ether oxygens (including phenoxy) is 2. The number of benzene rings is 2. The lowest BCUT2D eigenvalue weighted by molar-refractivity contribution is -0.120. The maximum absolute atomic E-state index is 12.2. The van der Waals surface area contributed by atoms with Gasteiger partial charge in [0, 0.05) is 23.9 Å². The summed E-state index contributed by atoms with van der Waals surface area (Å²) in [5.74, 6) is 1.25. The van der Waals surface area contributed by atoms with Gasteiger partial charge in [0.25, 0.3) is 0 Å². The van der Waals surface area contributed by atoms with Crippen molar-refractivity contribution in [3.8, 4) is 22.1 Å². The van der Waals surface area contributed by atoms with E-state index < -0.39 is 0 Å². The van der Waals surface area contributed by atoms with Gasteiger partial charge in [-0.2, -0.15) is 0 Å². The van der Waals surface area contributed by atoms with Crippen LogP contribution in [-0.4, -0.2) is 31.7 Å². The van der Waals surface area contributed by atoms with E-state index in [1.165, 1.54) is 5.56 Å². The third-order valence-corrected chi connectivity index (χ3v) is 5.37. The van der Waals surface area contributed by atoms with Crippen LogP contribution in [0.4, 0.5) is 0 Å². The number of aromatic nitrogens is 1. The zero-order valence-electron chi connectivity index (χ0n) is 16.3. The Kier molecular flexibility index (Phi) is 6.66. The molecular weight excluding hydrogens is 372 g/mol. The fourth-order valence-corrected chi connectivity index (χ4v) is 3.87. The highest BCUT2D eigenvalue weighted by atomic mass is 32.1. The number of hydrogen-bond donors (Lipinski definition) is 1. The Labute approximate surface area is 169 Å². The van der Waals surface area contributed by atoms with Gasteiger partial charge in [-0.05, 0) is 30.2 Å². The molecule has 0 aliphatic rings. The highest BCUT2D eigenvalue weighted by molar-refractivity contribution is 7.13. The minimum Gasteiger partial charge on any atom is -0.493 e. The van der Waals surface area contributed by atoms with Gasteiger partial charge in [-0.25, -0.2) is 4.98 Å². The molecule has 0 unspecified atom stereocenters. The fraction of sp³-hybridized carbons (Fsp3) is 0.273. The number of amides is 1. The predicted octanol–water partition coefficient (Wildman–Crippen LogP) is 4.04. The lowest BCUT2D eigenvalue weighted by atomic mass is 10.1. The average Bonchev–Trinajstić information content (AvgIpc) is 3.16. The molecule has 3 aromatic rings. The second-order valence-corrected chi connectivity index (χ2v) is 7.28. The monoisotopic (exact) mass is 396 g/mol. The molecule has 3 rings (SSSR count). The molecule has 0 aliphatic heterocycles. The minimum atomic E-state index is -0.0263. The molecule has 0 aliphatic carbocycles.